The van der Waals surface area contributed by atoms with Gasteiger partial charge in [-0.1, -0.05) is 48.5 Å². The van der Waals surface area contributed by atoms with Gasteiger partial charge < -0.3 is 0 Å². The Bertz CT molecular complexity index is 707. The molecule has 118 valence electrons. The number of rotatable bonds is 4. The number of hydrogen-bond acceptors (Lipinski definition) is 4. The van der Waals surface area contributed by atoms with Crippen molar-refractivity contribution in [2.45, 2.75) is 18.3 Å². The van der Waals surface area contributed by atoms with Crippen molar-refractivity contribution < 1.29 is 9.59 Å². The molecule has 0 spiro atoms. The summed E-state index contributed by atoms with van der Waals surface area (Å²) in [5.41, 5.74) is 7.49. The van der Waals surface area contributed by atoms with E-state index in [1.807, 2.05) is 48.5 Å². The number of amides is 2. The fourth-order valence-electron chi connectivity index (χ4n) is 3.51. The summed E-state index contributed by atoms with van der Waals surface area (Å²) in [5, 5.41) is 0. The second-order valence-electron chi connectivity index (χ2n) is 5.66. The molecule has 1 aliphatic rings. The number of fused-ring (bicyclic) bond motifs is 3. The maximum atomic E-state index is 12.1. The first-order valence-electron chi connectivity index (χ1n) is 7.30. The molecule has 1 aliphatic carbocycles. The third-order valence-electron chi connectivity index (χ3n) is 4.42. The largest absolute Gasteiger partial charge is 0.294 e. The second kappa shape index (κ2) is 5.83. The number of nitrogens with one attached hydrogen (secondary N) is 2. The lowest BCUT2D eigenvalue weighted by Crippen LogP contribution is -2.42. The lowest BCUT2D eigenvalue weighted by molar-refractivity contribution is -0.124. The summed E-state index contributed by atoms with van der Waals surface area (Å²) in [7, 11) is 0. The van der Waals surface area contributed by atoms with Gasteiger partial charge in [-0.3, -0.25) is 20.4 Å². The molecule has 23 heavy (non-hydrogen) atoms. The molecule has 0 bridgehead atoms. The van der Waals surface area contributed by atoms with Crippen LogP contribution < -0.4 is 22.5 Å². The van der Waals surface area contributed by atoms with E-state index in [1.54, 1.807) is 0 Å². The van der Waals surface area contributed by atoms with Gasteiger partial charge in [0.05, 0.1) is 0 Å². The summed E-state index contributed by atoms with van der Waals surface area (Å²) in [6, 6.07) is 15.6. The van der Waals surface area contributed by atoms with Crippen LogP contribution in [-0.2, 0) is 15.0 Å². The number of carbonyl (C=O) groups excluding carboxylic acids is 2. The van der Waals surface area contributed by atoms with Crippen LogP contribution in [-0.4, -0.2) is 11.8 Å². The topological polar surface area (TPSA) is 110 Å². The van der Waals surface area contributed by atoms with Crippen molar-refractivity contribution in [2.24, 2.45) is 11.7 Å². The highest BCUT2D eigenvalue weighted by Crippen LogP contribution is 2.52. The second-order valence-corrected chi connectivity index (χ2v) is 5.66. The Morgan fingerprint density at radius 2 is 1.17 bits per heavy atom. The lowest BCUT2D eigenvalue weighted by Gasteiger charge is -2.30. The van der Waals surface area contributed by atoms with Crippen LogP contribution in [0.25, 0.3) is 11.1 Å². The van der Waals surface area contributed by atoms with Gasteiger partial charge in [-0.05, 0) is 22.3 Å². The average molecular weight is 310 g/mol. The Kier molecular flexibility index (Phi) is 3.85. The molecule has 6 heteroatoms. The molecular weight excluding hydrogens is 292 g/mol. The number of hydrazine groups is 2. The molecule has 0 atom stereocenters. The maximum Gasteiger partial charge on any atom is 0.235 e. The Balaban J connectivity index is 2.24. The first-order valence-corrected chi connectivity index (χ1v) is 7.30. The Morgan fingerprint density at radius 3 is 1.57 bits per heavy atom. The SMILES string of the molecule is NNC(=O)CC1(CC(=O)NN)c2ccccc2-c2ccccc21. The minimum atomic E-state index is -0.778. The fraction of sp³-hybridized carbons (Fsp3) is 0.176. The van der Waals surface area contributed by atoms with Crippen molar-refractivity contribution in [3.63, 3.8) is 0 Å². The summed E-state index contributed by atoms with van der Waals surface area (Å²) >= 11 is 0. The Hall–Kier alpha value is -2.70. The van der Waals surface area contributed by atoms with E-state index in [2.05, 4.69) is 10.9 Å². The molecule has 0 heterocycles. The van der Waals surface area contributed by atoms with E-state index < -0.39 is 5.41 Å². The van der Waals surface area contributed by atoms with Crippen molar-refractivity contribution in [1.82, 2.24) is 10.9 Å². The van der Waals surface area contributed by atoms with Gasteiger partial charge in [-0.2, -0.15) is 0 Å². The maximum absolute atomic E-state index is 12.1. The minimum absolute atomic E-state index is 0.0744. The molecule has 0 saturated carbocycles. The molecule has 0 aliphatic heterocycles. The van der Waals surface area contributed by atoms with E-state index in [4.69, 9.17) is 11.7 Å². The summed E-state index contributed by atoms with van der Waals surface area (Å²) in [6.45, 7) is 0. The van der Waals surface area contributed by atoms with Gasteiger partial charge >= 0.3 is 0 Å². The normalized spacial score (nSPS) is 13.8. The first kappa shape index (κ1) is 15.2. The van der Waals surface area contributed by atoms with Crippen LogP contribution in [0.15, 0.2) is 48.5 Å². The molecule has 0 radical (unpaired) electrons. The van der Waals surface area contributed by atoms with Crippen LogP contribution in [0, 0.1) is 0 Å². The zero-order chi connectivity index (χ0) is 16.4. The monoisotopic (exact) mass is 310 g/mol. The number of benzene rings is 2. The predicted octanol–water partition coefficient (Wildman–Crippen LogP) is 0.713. The van der Waals surface area contributed by atoms with Gasteiger partial charge in [-0.15, -0.1) is 0 Å². The van der Waals surface area contributed by atoms with Gasteiger partial charge in [0, 0.05) is 18.3 Å². The van der Waals surface area contributed by atoms with Crippen molar-refractivity contribution in [3.8, 4) is 11.1 Å². The van der Waals surface area contributed by atoms with Crippen LogP contribution in [0.2, 0.25) is 0 Å². The van der Waals surface area contributed by atoms with E-state index in [0.717, 1.165) is 22.3 Å². The summed E-state index contributed by atoms with van der Waals surface area (Å²) in [5.74, 6) is 9.91. The Morgan fingerprint density at radius 1 is 0.783 bits per heavy atom. The molecule has 2 aromatic rings. The molecule has 0 fully saturated rings. The Labute approximate surface area is 133 Å². The van der Waals surface area contributed by atoms with Crippen molar-refractivity contribution in [3.05, 3.63) is 59.7 Å². The molecule has 0 saturated heterocycles. The van der Waals surface area contributed by atoms with E-state index in [1.165, 1.54) is 0 Å². The summed E-state index contributed by atoms with van der Waals surface area (Å²) < 4.78 is 0. The summed E-state index contributed by atoms with van der Waals surface area (Å²) in [6.07, 6.45) is 0.149. The predicted molar refractivity (Wildman–Crippen MR) is 86.6 cm³/mol. The molecule has 2 amide bonds. The van der Waals surface area contributed by atoms with Gasteiger partial charge in [0.15, 0.2) is 0 Å². The third-order valence-corrected chi connectivity index (χ3v) is 4.42. The van der Waals surface area contributed by atoms with Crippen LogP contribution >= 0.6 is 0 Å². The highest BCUT2D eigenvalue weighted by atomic mass is 16.2. The van der Waals surface area contributed by atoms with E-state index >= 15 is 0 Å². The summed E-state index contributed by atoms with van der Waals surface area (Å²) in [4.78, 5) is 24.1. The van der Waals surface area contributed by atoms with E-state index in [9.17, 15) is 9.59 Å². The number of carbonyl (C=O) groups is 2. The zero-order valence-corrected chi connectivity index (χ0v) is 12.5. The highest BCUT2D eigenvalue weighted by molar-refractivity contribution is 5.90. The molecule has 6 nitrogen and oxygen atoms in total. The van der Waals surface area contributed by atoms with Gasteiger partial charge in [-0.25, -0.2) is 11.7 Å². The van der Waals surface area contributed by atoms with Crippen molar-refractivity contribution in [2.75, 3.05) is 0 Å². The first-order chi connectivity index (χ1) is 11.1. The fourth-order valence-corrected chi connectivity index (χ4v) is 3.51. The van der Waals surface area contributed by atoms with Crippen LogP contribution in [0.3, 0.4) is 0 Å². The number of nitrogens with two attached hydrogens (primary N) is 2. The van der Waals surface area contributed by atoms with Crippen LogP contribution in [0.4, 0.5) is 0 Å². The van der Waals surface area contributed by atoms with E-state index in [0.29, 0.717) is 0 Å². The van der Waals surface area contributed by atoms with E-state index in [-0.39, 0.29) is 24.7 Å². The molecule has 3 rings (SSSR count). The molecule has 0 unspecified atom stereocenters. The van der Waals surface area contributed by atoms with Crippen molar-refractivity contribution >= 4 is 11.8 Å². The molecular formula is C17H18N4O2. The standard InChI is InChI=1S/C17H18N4O2/c18-20-15(22)9-17(10-16(23)21-19)13-7-3-1-5-11(13)12-6-2-4-8-14(12)17/h1-8H,9-10,18-19H2,(H,20,22)(H,21,23). The average Bonchev–Trinajstić information content (AvgIpc) is 2.86. The van der Waals surface area contributed by atoms with Crippen LogP contribution in [0.1, 0.15) is 24.0 Å². The molecule has 6 N–H and O–H groups in total. The lowest BCUT2D eigenvalue weighted by atomic mass is 9.72. The highest BCUT2D eigenvalue weighted by Gasteiger charge is 2.45. The van der Waals surface area contributed by atoms with Gasteiger partial charge in [0.1, 0.15) is 0 Å². The third kappa shape index (κ3) is 2.38. The number of hydrogen-bond donors (Lipinski definition) is 4. The van der Waals surface area contributed by atoms with Crippen molar-refractivity contribution in [1.29, 1.82) is 0 Å². The smallest absolute Gasteiger partial charge is 0.235 e. The molecule has 0 aromatic heterocycles. The minimum Gasteiger partial charge on any atom is -0.294 e. The molecule has 2 aromatic carbocycles. The van der Waals surface area contributed by atoms with Gasteiger partial charge in [0.25, 0.3) is 0 Å². The quantitative estimate of drug-likeness (QED) is 0.379. The zero-order valence-electron chi connectivity index (χ0n) is 12.5. The van der Waals surface area contributed by atoms with Crippen LogP contribution in [0.5, 0.6) is 0 Å². The van der Waals surface area contributed by atoms with Gasteiger partial charge in [0.2, 0.25) is 11.8 Å².